The minimum atomic E-state index is -0.812. The first kappa shape index (κ1) is 10.0. The molecule has 0 amide bonds. The Labute approximate surface area is 88.9 Å². The van der Waals surface area contributed by atoms with Crippen LogP contribution in [0, 0.1) is 0 Å². The van der Waals surface area contributed by atoms with E-state index in [1.165, 1.54) is 0 Å². The van der Waals surface area contributed by atoms with E-state index in [4.69, 9.17) is 0 Å². The second kappa shape index (κ2) is 2.99. The molecule has 0 unspecified atom stereocenters. The molecule has 0 saturated heterocycles. The molecule has 6 nitrogen and oxygen atoms in total. The maximum Gasteiger partial charge on any atom is 0.201 e. The standard InChI is InChI=1S/C10H8O6/c11-4-2-6(13)8(14)3-1-5(12)9(15)10(16)7(3)4/h1-2,11-16H. The van der Waals surface area contributed by atoms with Crippen molar-refractivity contribution < 1.29 is 30.6 Å². The van der Waals surface area contributed by atoms with Crippen molar-refractivity contribution >= 4 is 10.8 Å². The van der Waals surface area contributed by atoms with Crippen LogP contribution in [0.15, 0.2) is 12.1 Å². The number of aromatic hydroxyl groups is 6. The summed E-state index contributed by atoms with van der Waals surface area (Å²) in [6, 6.07) is 1.73. The first-order valence-corrected chi connectivity index (χ1v) is 4.25. The van der Waals surface area contributed by atoms with Gasteiger partial charge >= 0.3 is 0 Å². The highest BCUT2D eigenvalue weighted by Crippen LogP contribution is 2.49. The fraction of sp³-hybridized carbons (Fsp3) is 0. The second-order valence-corrected chi connectivity index (χ2v) is 3.28. The molecule has 0 aliphatic carbocycles. The van der Waals surface area contributed by atoms with Crippen molar-refractivity contribution in [3.63, 3.8) is 0 Å². The van der Waals surface area contributed by atoms with Crippen molar-refractivity contribution in [3.05, 3.63) is 12.1 Å². The monoisotopic (exact) mass is 224 g/mol. The minimum Gasteiger partial charge on any atom is -0.507 e. The largest absolute Gasteiger partial charge is 0.507 e. The Balaban J connectivity index is 3.07. The molecule has 0 spiro atoms. The highest BCUT2D eigenvalue weighted by Gasteiger charge is 2.19. The molecule has 0 bridgehead atoms. The summed E-state index contributed by atoms with van der Waals surface area (Å²) in [7, 11) is 0. The summed E-state index contributed by atoms with van der Waals surface area (Å²) in [4.78, 5) is 0. The smallest absolute Gasteiger partial charge is 0.201 e. The Bertz CT molecular complexity index is 590. The van der Waals surface area contributed by atoms with Gasteiger partial charge in [-0.2, -0.15) is 0 Å². The molecule has 0 fully saturated rings. The lowest BCUT2D eigenvalue weighted by atomic mass is 10.1. The molecule has 2 aromatic carbocycles. The average molecular weight is 224 g/mol. The van der Waals surface area contributed by atoms with E-state index < -0.39 is 34.5 Å². The van der Waals surface area contributed by atoms with Gasteiger partial charge in [-0.05, 0) is 6.07 Å². The zero-order valence-corrected chi connectivity index (χ0v) is 7.84. The van der Waals surface area contributed by atoms with Crippen LogP contribution >= 0.6 is 0 Å². The third-order valence-electron chi connectivity index (χ3n) is 2.28. The Hall–Kier alpha value is -2.50. The van der Waals surface area contributed by atoms with Gasteiger partial charge in [-0.15, -0.1) is 0 Å². The van der Waals surface area contributed by atoms with Crippen LogP contribution in [0.2, 0.25) is 0 Å². The van der Waals surface area contributed by atoms with E-state index in [1.54, 1.807) is 0 Å². The Kier molecular flexibility index (Phi) is 1.88. The summed E-state index contributed by atoms with van der Waals surface area (Å²) >= 11 is 0. The van der Waals surface area contributed by atoms with Crippen LogP contribution in [0.1, 0.15) is 0 Å². The molecule has 16 heavy (non-hydrogen) atoms. The van der Waals surface area contributed by atoms with E-state index in [0.717, 1.165) is 12.1 Å². The van der Waals surface area contributed by atoms with Gasteiger partial charge in [-0.3, -0.25) is 0 Å². The Morgan fingerprint density at radius 1 is 0.562 bits per heavy atom. The maximum absolute atomic E-state index is 9.47. The molecule has 0 aliphatic rings. The van der Waals surface area contributed by atoms with Gasteiger partial charge in [0.15, 0.2) is 23.0 Å². The van der Waals surface area contributed by atoms with Crippen LogP contribution in [-0.2, 0) is 0 Å². The van der Waals surface area contributed by atoms with Gasteiger partial charge in [0.25, 0.3) is 0 Å². The third-order valence-corrected chi connectivity index (χ3v) is 2.28. The van der Waals surface area contributed by atoms with E-state index in [-0.39, 0.29) is 10.8 Å². The van der Waals surface area contributed by atoms with E-state index in [0.29, 0.717) is 0 Å². The number of hydrogen-bond donors (Lipinski definition) is 6. The van der Waals surface area contributed by atoms with Crippen LogP contribution < -0.4 is 0 Å². The number of benzene rings is 2. The molecule has 84 valence electrons. The van der Waals surface area contributed by atoms with Crippen LogP contribution in [-0.4, -0.2) is 30.6 Å². The van der Waals surface area contributed by atoms with E-state index in [9.17, 15) is 30.6 Å². The number of phenolic OH excluding ortho intramolecular Hbond substituents is 6. The van der Waals surface area contributed by atoms with Crippen molar-refractivity contribution in [3.8, 4) is 34.5 Å². The average Bonchev–Trinajstić information content (AvgIpc) is 2.22. The molecule has 0 aliphatic heterocycles. The number of rotatable bonds is 0. The Morgan fingerprint density at radius 3 is 1.75 bits per heavy atom. The topological polar surface area (TPSA) is 121 Å². The van der Waals surface area contributed by atoms with Gasteiger partial charge in [0.2, 0.25) is 5.75 Å². The first-order chi connectivity index (χ1) is 7.43. The van der Waals surface area contributed by atoms with Crippen molar-refractivity contribution in [2.24, 2.45) is 0 Å². The third kappa shape index (κ3) is 1.13. The summed E-state index contributed by atoms with van der Waals surface area (Å²) in [6.07, 6.45) is 0. The highest BCUT2D eigenvalue weighted by atomic mass is 16.3. The van der Waals surface area contributed by atoms with Crippen LogP contribution in [0.5, 0.6) is 34.5 Å². The molecule has 2 aromatic rings. The summed E-state index contributed by atoms with van der Waals surface area (Å²) in [6.45, 7) is 0. The van der Waals surface area contributed by atoms with E-state index >= 15 is 0 Å². The summed E-state index contributed by atoms with van der Waals surface area (Å²) < 4.78 is 0. The van der Waals surface area contributed by atoms with Crippen LogP contribution in [0.4, 0.5) is 0 Å². The fourth-order valence-corrected chi connectivity index (χ4v) is 1.50. The van der Waals surface area contributed by atoms with Crippen LogP contribution in [0.3, 0.4) is 0 Å². The molecule has 0 heterocycles. The lowest BCUT2D eigenvalue weighted by molar-refractivity contribution is 0.368. The predicted octanol–water partition coefficient (Wildman–Crippen LogP) is 1.07. The van der Waals surface area contributed by atoms with Crippen molar-refractivity contribution in [2.45, 2.75) is 0 Å². The number of hydrogen-bond acceptors (Lipinski definition) is 6. The summed E-state index contributed by atoms with van der Waals surface area (Å²) in [5.41, 5.74) is 0. The van der Waals surface area contributed by atoms with Gasteiger partial charge in [0.1, 0.15) is 5.75 Å². The van der Waals surface area contributed by atoms with Gasteiger partial charge in [0, 0.05) is 11.5 Å². The summed E-state index contributed by atoms with van der Waals surface area (Å²) in [5.74, 6) is -4.01. The first-order valence-electron chi connectivity index (χ1n) is 4.25. The molecule has 6 heteroatoms. The molecule has 6 N–H and O–H groups in total. The highest BCUT2D eigenvalue weighted by molar-refractivity contribution is 6.01. The molecular weight excluding hydrogens is 216 g/mol. The zero-order chi connectivity index (χ0) is 12.0. The van der Waals surface area contributed by atoms with Gasteiger partial charge in [0.05, 0.1) is 5.39 Å². The molecule has 0 saturated carbocycles. The fourth-order valence-electron chi connectivity index (χ4n) is 1.50. The molecule has 2 rings (SSSR count). The minimum absolute atomic E-state index is 0.176. The summed E-state index contributed by atoms with van der Waals surface area (Å²) in [5, 5.41) is 55.6. The predicted molar refractivity (Wildman–Crippen MR) is 53.9 cm³/mol. The lowest BCUT2D eigenvalue weighted by Crippen LogP contribution is -1.80. The maximum atomic E-state index is 9.47. The molecular formula is C10H8O6. The van der Waals surface area contributed by atoms with Gasteiger partial charge < -0.3 is 30.6 Å². The molecule has 0 aromatic heterocycles. The lowest BCUT2D eigenvalue weighted by Gasteiger charge is -2.09. The normalized spacial score (nSPS) is 10.8. The van der Waals surface area contributed by atoms with Crippen molar-refractivity contribution in [1.82, 2.24) is 0 Å². The van der Waals surface area contributed by atoms with Gasteiger partial charge in [-0.25, -0.2) is 0 Å². The number of phenols is 6. The Morgan fingerprint density at radius 2 is 1.12 bits per heavy atom. The van der Waals surface area contributed by atoms with E-state index in [1.807, 2.05) is 0 Å². The molecule has 0 atom stereocenters. The molecule has 0 radical (unpaired) electrons. The van der Waals surface area contributed by atoms with E-state index in [2.05, 4.69) is 0 Å². The van der Waals surface area contributed by atoms with Crippen LogP contribution in [0.25, 0.3) is 10.8 Å². The van der Waals surface area contributed by atoms with Gasteiger partial charge in [-0.1, -0.05) is 0 Å². The van der Waals surface area contributed by atoms with Crippen molar-refractivity contribution in [2.75, 3.05) is 0 Å². The zero-order valence-electron chi connectivity index (χ0n) is 7.84. The SMILES string of the molecule is Oc1cc2c(O)c(O)cc(O)c2c(O)c1O. The number of fused-ring (bicyclic) bond motifs is 1. The van der Waals surface area contributed by atoms with Crippen molar-refractivity contribution in [1.29, 1.82) is 0 Å². The second-order valence-electron chi connectivity index (χ2n) is 3.28. The quantitative estimate of drug-likeness (QED) is 0.294.